The van der Waals surface area contributed by atoms with E-state index in [1.807, 2.05) is 6.92 Å². The topological polar surface area (TPSA) is 41.5 Å². The number of likely N-dealkylation sites (N-methyl/N-ethyl adjacent to an activating group) is 1. The second-order valence-electron chi connectivity index (χ2n) is 2.35. The number of hydrogen-bond donors (Lipinski definition) is 1. The summed E-state index contributed by atoms with van der Waals surface area (Å²) in [5.41, 5.74) is 0. The molecule has 0 radical (unpaired) electrons. The van der Waals surface area contributed by atoms with Crippen molar-refractivity contribution >= 4 is 0 Å². The zero-order valence-corrected chi connectivity index (χ0v) is 6.76. The minimum absolute atomic E-state index is 0.299. The first-order valence-corrected chi connectivity index (χ1v) is 3.87. The minimum atomic E-state index is 0.299. The lowest BCUT2D eigenvalue weighted by Gasteiger charge is -2.11. The highest BCUT2D eigenvalue weighted by Crippen LogP contribution is 1.95. The molecule has 0 amide bonds. The molecule has 0 rings (SSSR count). The van der Waals surface area contributed by atoms with E-state index in [0.29, 0.717) is 12.6 Å². The number of nitroso groups, excluding NO2 is 1. The van der Waals surface area contributed by atoms with E-state index in [0.717, 1.165) is 19.4 Å². The molecule has 1 N–H and O–H groups in total. The van der Waals surface area contributed by atoms with E-state index >= 15 is 0 Å². The molecule has 0 fully saturated rings. The molecule has 0 aliphatic rings. The van der Waals surface area contributed by atoms with Crippen molar-refractivity contribution in [1.82, 2.24) is 5.32 Å². The number of rotatable bonds is 6. The van der Waals surface area contributed by atoms with Gasteiger partial charge in [0.25, 0.3) is 0 Å². The molecule has 0 aromatic heterocycles. The predicted octanol–water partition coefficient (Wildman–Crippen LogP) is 1.53. The summed E-state index contributed by atoms with van der Waals surface area (Å²) in [5.74, 6) is 0. The largest absolute Gasteiger partial charge is 0.312 e. The summed E-state index contributed by atoms with van der Waals surface area (Å²) < 4.78 is 0. The first-order valence-electron chi connectivity index (χ1n) is 3.87. The van der Waals surface area contributed by atoms with Gasteiger partial charge in [0.15, 0.2) is 0 Å². The van der Waals surface area contributed by atoms with Crippen LogP contribution in [0.3, 0.4) is 0 Å². The molecular weight excluding hydrogens is 128 g/mol. The molecule has 3 nitrogen and oxygen atoms in total. The summed E-state index contributed by atoms with van der Waals surface area (Å²) in [6, 6.07) is 0.299. The summed E-state index contributed by atoms with van der Waals surface area (Å²) in [6.07, 6.45) is 2.15. The fourth-order valence-electron chi connectivity index (χ4n) is 0.985. The van der Waals surface area contributed by atoms with Gasteiger partial charge in [-0.15, -0.1) is 0 Å². The normalized spacial score (nSPS) is 13.0. The Morgan fingerprint density at radius 3 is 2.60 bits per heavy atom. The van der Waals surface area contributed by atoms with Crippen molar-refractivity contribution in [3.63, 3.8) is 0 Å². The van der Waals surface area contributed by atoms with Gasteiger partial charge in [0.05, 0.1) is 6.54 Å². The summed E-state index contributed by atoms with van der Waals surface area (Å²) in [5, 5.41) is 6.05. The van der Waals surface area contributed by atoms with Gasteiger partial charge in [-0.1, -0.05) is 25.4 Å². The minimum Gasteiger partial charge on any atom is -0.312 e. The molecule has 60 valence electrons. The quantitative estimate of drug-likeness (QED) is 0.574. The van der Waals surface area contributed by atoms with Crippen molar-refractivity contribution in [3.05, 3.63) is 4.91 Å². The maximum atomic E-state index is 9.87. The first kappa shape index (κ1) is 9.56. The van der Waals surface area contributed by atoms with Crippen LogP contribution < -0.4 is 5.32 Å². The number of nitrogens with one attached hydrogen (secondary N) is 1. The van der Waals surface area contributed by atoms with Crippen molar-refractivity contribution in [1.29, 1.82) is 0 Å². The van der Waals surface area contributed by atoms with Gasteiger partial charge < -0.3 is 5.32 Å². The lowest BCUT2D eigenvalue weighted by Crippen LogP contribution is -2.31. The molecule has 0 saturated heterocycles. The van der Waals surface area contributed by atoms with Crippen LogP contribution in [0.2, 0.25) is 0 Å². The molecule has 3 heteroatoms. The van der Waals surface area contributed by atoms with Crippen LogP contribution in [0, 0.1) is 4.91 Å². The van der Waals surface area contributed by atoms with Gasteiger partial charge in [-0.25, -0.2) is 0 Å². The van der Waals surface area contributed by atoms with Crippen LogP contribution in [0.4, 0.5) is 0 Å². The number of hydrogen-bond acceptors (Lipinski definition) is 3. The van der Waals surface area contributed by atoms with Crippen molar-refractivity contribution in [2.24, 2.45) is 5.18 Å². The summed E-state index contributed by atoms with van der Waals surface area (Å²) in [4.78, 5) is 9.87. The van der Waals surface area contributed by atoms with E-state index in [1.165, 1.54) is 0 Å². The van der Waals surface area contributed by atoms with E-state index in [4.69, 9.17) is 0 Å². The zero-order valence-electron chi connectivity index (χ0n) is 6.76. The molecule has 0 spiro atoms. The Hall–Kier alpha value is -0.440. The van der Waals surface area contributed by atoms with Crippen LogP contribution >= 0.6 is 0 Å². The standard InChI is InChI=1S/C7H16N2O/c1-3-5-7(6-9-10)8-4-2/h7-8H,3-6H2,1-2H3. The van der Waals surface area contributed by atoms with Gasteiger partial charge in [0, 0.05) is 6.04 Å². The lowest BCUT2D eigenvalue weighted by atomic mass is 10.2. The number of nitrogens with zero attached hydrogens (tertiary/aromatic N) is 1. The second kappa shape index (κ2) is 6.68. The average molecular weight is 144 g/mol. The van der Waals surface area contributed by atoms with Gasteiger partial charge in [0.1, 0.15) is 0 Å². The molecule has 0 heterocycles. The second-order valence-corrected chi connectivity index (χ2v) is 2.35. The van der Waals surface area contributed by atoms with Crippen LogP contribution in [0.25, 0.3) is 0 Å². The molecule has 0 bridgehead atoms. The van der Waals surface area contributed by atoms with Crippen LogP contribution in [-0.2, 0) is 0 Å². The lowest BCUT2D eigenvalue weighted by molar-refractivity contribution is 0.496. The van der Waals surface area contributed by atoms with Gasteiger partial charge in [0.2, 0.25) is 0 Å². The van der Waals surface area contributed by atoms with Crippen LogP contribution in [0.15, 0.2) is 5.18 Å². The Bertz CT molecular complexity index is 79.7. The molecule has 10 heavy (non-hydrogen) atoms. The molecule has 0 aromatic carbocycles. The molecule has 0 aliphatic heterocycles. The average Bonchev–Trinajstić information content (AvgIpc) is 1.90. The van der Waals surface area contributed by atoms with E-state index in [-0.39, 0.29) is 0 Å². The highest BCUT2D eigenvalue weighted by atomic mass is 16.3. The Morgan fingerprint density at radius 1 is 1.50 bits per heavy atom. The third-order valence-electron chi connectivity index (χ3n) is 1.42. The maximum absolute atomic E-state index is 9.87. The first-order chi connectivity index (χ1) is 4.85. The van der Waals surface area contributed by atoms with Crippen LogP contribution in [0.1, 0.15) is 26.7 Å². The van der Waals surface area contributed by atoms with E-state index in [9.17, 15) is 4.91 Å². The van der Waals surface area contributed by atoms with Gasteiger partial charge in [-0.05, 0) is 13.0 Å². The van der Waals surface area contributed by atoms with E-state index < -0.39 is 0 Å². The third-order valence-corrected chi connectivity index (χ3v) is 1.42. The Kier molecular flexibility index (Phi) is 6.38. The zero-order chi connectivity index (χ0) is 7.82. The molecule has 0 aliphatic carbocycles. The Balaban J connectivity index is 3.38. The highest BCUT2D eigenvalue weighted by molar-refractivity contribution is 4.66. The van der Waals surface area contributed by atoms with Gasteiger partial charge in [-0.3, -0.25) is 0 Å². The SMILES string of the molecule is CCCC(CN=O)NCC. The summed E-state index contributed by atoms with van der Waals surface area (Å²) in [7, 11) is 0. The van der Waals surface area contributed by atoms with Crippen molar-refractivity contribution in [2.45, 2.75) is 32.7 Å². The highest BCUT2D eigenvalue weighted by Gasteiger charge is 2.03. The summed E-state index contributed by atoms with van der Waals surface area (Å²) >= 11 is 0. The molecule has 0 saturated carbocycles. The van der Waals surface area contributed by atoms with E-state index in [2.05, 4.69) is 17.4 Å². The monoisotopic (exact) mass is 144 g/mol. The predicted molar refractivity (Wildman–Crippen MR) is 43.0 cm³/mol. The molecule has 0 aromatic rings. The van der Waals surface area contributed by atoms with Gasteiger partial charge in [-0.2, -0.15) is 4.91 Å². The van der Waals surface area contributed by atoms with Crippen molar-refractivity contribution < 1.29 is 0 Å². The maximum Gasteiger partial charge on any atom is 0.0964 e. The fraction of sp³-hybridized carbons (Fsp3) is 1.00. The van der Waals surface area contributed by atoms with Crippen molar-refractivity contribution in [3.8, 4) is 0 Å². The molecule has 1 unspecified atom stereocenters. The van der Waals surface area contributed by atoms with Crippen molar-refractivity contribution in [2.75, 3.05) is 13.1 Å². The Labute approximate surface area is 62.2 Å². The van der Waals surface area contributed by atoms with Crippen LogP contribution in [0.5, 0.6) is 0 Å². The van der Waals surface area contributed by atoms with Gasteiger partial charge >= 0.3 is 0 Å². The Morgan fingerprint density at radius 2 is 2.20 bits per heavy atom. The molecule has 1 atom stereocenters. The van der Waals surface area contributed by atoms with E-state index in [1.54, 1.807) is 0 Å². The third kappa shape index (κ3) is 4.44. The molecular formula is C7H16N2O. The van der Waals surface area contributed by atoms with Crippen LogP contribution in [-0.4, -0.2) is 19.1 Å². The summed E-state index contributed by atoms with van der Waals surface area (Å²) in [6.45, 7) is 5.46. The fourth-order valence-corrected chi connectivity index (χ4v) is 0.985. The smallest absolute Gasteiger partial charge is 0.0964 e.